The number of nitriles is 3. The van der Waals surface area contributed by atoms with Gasteiger partial charge in [0.2, 0.25) is 0 Å². The molecule has 0 saturated heterocycles. The van der Waals surface area contributed by atoms with Crippen molar-refractivity contribution >= 4 is 17.2 Å². The van der Waals surface area contributed by atoms with Gasteiger partial charge in [0.1, 0.15) is 18.2 Å². The summed E-state index contributed by atoms with van der Waals surface area (Å²) in [6.45, 7) is 8.44. The minimum Gasteiger partial charge on any atom is -0.372 e. The van der Waals surface area contributed by atoms with E-state index in [0.29, 0.717) is 11.5 Å². The van der Waals surface area contributed by atoms with Crippen molar-refractivity contribution in [3.05, 3.63) is 46.7 Å². The van der Waals surface area contributed by atoms with E-state index in [1.54, 1.807) is 12.1 Å². The highest BCUT2D eigenvalue weighted by molar-refractivity contribution is 6.26. The number of rotatable bonds is 9. The van der Waals surface area contributed by atoms with Crippen LogP contribution in [0.5, 0.6) is 0 Å². The molecule has 0 aromatic heterocycles. The van der Waals surface area contributed by atoms with Gasteiger partial charge >= 0.3 is 0 Å². The van der Waals surface area contributed by atoms with Gasteiger partial charge in [-0.1, -0.05) is 45.2 Å². The van der Waals surface area contributed by atoms with Gasteiger partial charge < -0.3 is 10.2 Å². The minimum atomic E-state index is -0.477. The average Bonchev–Trinajstić information content (AvgIpc) is 3.11. The quantitative estimate of drug-likeness (QED) is 0.616. The highest BCUT2D eigenvalue weighted by Crippen LogP contribution is 2.31. The van der Waals surface area contributed by atoms with Gasteiger partial charge in [-0.3, -0.25) is 4.79 Å². The van der Waals surface area contributed by atoms with E-state index in [0.717, 1.165) is 25.2 Å². The molecule has 1 aromatic carbocycles. The summed E-state index contributed by atoms with van der Waals surface area (Å²) in [5.74, 6) is 0.163. The minimum absolute atomic E-state index is 0.0107. The largest absolute Gasteiger partial charge is 0.372 e. The third kappa shape index (κ3) is 4.88. The second-order valence-corrected chi connectivity index (χ2v) is 7.29. The Balaban J connectivity index is 2.34. The number of hydrogen-bond acceptors (Lipinski definition) is 5. The van der Waals surface area contributed by atoms with Crippen molar-refractivity contribution in [3.63, 3.8) is 0 Å². The lowest BCUT2D eigenvalue weighted by atomic mass is 9.97. The lowest BCUT2D eigenvalue weighted by Crippen LogP contribution is -2.29. The van der Waals surface area contributed by atoms with Gasteiger partial charge in [-0.15, -0.1) is 0 Å². The molecule has 6 heteroatoms. The third-order valence-corrected chi connectivity index (χ3v) is 5.48. The normalized spacial score (nSPS) is 13.9. The van der Waals surface area contributed by atoms with Gasteiger partial charge in [-0.2, -0.15) is 15.8 Å². The number of hydrogen-bond donors (Lipinski definition) is 1. The molecular weight excluding hydrogens is 374 g/mol. The summed E-state index contributed by atoms with van der Waals surface area (Å²) in [5.41, 5.74) is 1.60. The average molecular weight is 402 g/mol. The number of nitrogens with one attached hydrogen (secondary N) is 1. The van der Waals surface area contributed by atoms with E-state index in [2.05, 4.69) is 31.0 Å². The molecule has 30 heavy (non-hydrogen) atoms. The number of benzene rings is 1. The first-order valence-electron chi connectivity index (χ1n) is 10.4. The van der Waals surface area contributed by atoms with Crippen LogP contribution in [0.25, 0.3) is 5.57 Å². The van der Waals surface area contributed by atoms with Crippen molar-refractivity contribution in [1.82, 2.24) is 5.32 Å². The number of anilines is 1. The Morgan fingerprint density at radius 1 is 1.10 bits per heavy atom. The van der Waals surface area contributed by atoms with Crippen LogP contribution >= 0.6 is 0 Å². The van der Waals surface area contributed by atoms with E-state index in [1.807, 2.05) is 30.3 Å². The molecule has 0 saturated carbocycles. The lowest BCUT2D eigenvalue weighted by molar-refractivity contribution is -0.114. The number of allylic oxidation sites excluding steroid dienone is 2. The number of amides is 1. The fourth-order valence-electron chi connectivity index (χ4n) is 3.67. The van der Waals surface area contributed by atoms with Gasteiger partial charge in [0.05, 0.1) is 16.8 Å². The molecule has 1 atom stereocenters. The van der Waals surface area contributed by atoms with E-state index in [-0.39, 0.29) is 22.4 Å². The summed E-state index contributed by atoms with van der Waals surface area (Å²) in [6.07, 6.45) is 4.79. The Morgan fingerprint density at radius 3 is 2.27 bits per heavy atom. The van der Waals surface area contributed by atoms with Crippen LogP contribution in [0.3, 0.4) is 0 Å². The molecule has 1 heterocycles. The van der Waals surface area contributed by atoms with Gasteiger partial charge in [-0.25, -0.2) is 0 Å². The van der Waals surface area contributed by atoms with E-state index in [9.17, 15) is 10.1 Å². The summed E-state index contributed by atoms with van der Waals surface area (Å²) in [4.78, 5) is 14.8. The van der Waals surface area contributed by atoms with Crippen LogP contribution in [0.2, 0.25) is 0 Å². The Kier molecular flexibility index (Phi) is 8.21. The molecule has 6 nitrogen and oxygen atoms in total. The highest BCUT2D eigenvalue weighted by Gasteiger charge is 2.31. The maximum atomic E-state index is 12.5. The van der Waals surface area contributed by atoms with Crippen molar-refractivity contribution in [2.45, 2.75) is 46.5 Å². The second-order valence-electron chi connectivity index (χ2n) is 7.29. The fraction of sp³-hybridized carbons (Fsp3) is 0.417. The monoisotopic (exact) mass is 401 g/mol. The molecule has 2 rings (SSSR count). The first-order valence-corrected chi connectivity index (χ1v) is 10.4. The molecule has 0 radical (unpaired) electrons. The summed E-state index contributed by atoms with van der Waals surface area (Å²) in [5, 5.41) is 30.2. The Hall–Kier alpha value is -3.56. The van der Waals surface area contributed by atoms with E-state index < -0.39 is 5.91 Å². The Morgan fingerprint density at radius 2 is 1.77 bits per heavy atom. The fourth-order valence-corrected chi connectivity index (χ4v) is 3.67. The predicted molar refractivity (Wildman–Crippen MR) is 117 cm³/mol. The van der Waals surface area contributed by atoms with Crippen LogP contribution in [0.4, 0.5) is 5.69 Å². The van der Waals surface area contributed by atoms with E-state index >= 15 is 0 Å². The van der Waals surface area contributed by atoms with Crippen LogP contribution in [-0.4, -0.2) is 19.0 Å². The van der Waals surface area contributed by atoms with Gasteiger partial charge in [-0.05, 0) is 37.0 Å². The standard InChI is InChI=1S/C24H27N5O/c1-4-7-8-17(5-2)16-29(6-3)20-11-9-18(10-12-20)22-21(15-27)23(28-24(22)30)19(13-25)14-26/h9-12,17H,4-8,16H2,1-3H3,(H,28,30). The molecule has 154 valence electrons. The van der Waals surface area contributed by atoms with Crippen LogP contribution in [0.15, 0.2) is 41.1 Å². The van der Waals surface area contributed by atoms with Crippen LogP contribution in [0, 0.1) is 39.9 Å². The first kappa shape index (κ1) is 22.7. The summed E-state index contributed by atoms with van der Waals surface area (Å²) < 4.78 is 0. The maximum Gasteiger partial charge on any atom is 0.257 e. The van der Waals surface area contributed by atoms with E-state index in [4.69, 9.17) is 10.5 Å². The zero-order valence-electron chi connectivity index (χ0n) is 17.8. The van der Waals surface area contributed by atoms with Crippen LogP contribution in [-0.2, 0) is 4.79 Å². The number of unbranched alkanes of at least 4 members (excludes halogenated alkanes) is 1. The molecule has 0 aliphatic carbocycles. The molecule has 1 aliphatic rings. The molecular formula is C24H27N5O. The zero-order valence-corrected chi connectivity index (χ0v) is 17.8. The SMILES string of the molecule is CCCCC(CC)CN(CC)c1ccc(C2=C(C#N)C(=C(C#N)C#N)NC2=O)cc1. The lowest BCUT2D eigenvalue weighted by Gasteiger charge is -2.28. The summed E-state index contributed by atoms with van der Waals surface area (Å²) >= 11 is 0. The second kappa shape index (κ2) is 10.8. The molecule has 0 spiro atoms. The summed E-state index contributed by atoms with van der Waals surface area (Å²) in [7, 11) is 0. The van der Waals surface area contributed by atoms with Crippen molar-refractivity contribution in [2.75, 3.05) is 18.0 Å². The Bertz CT molecular complexity index is 951. The third-order valence-electron chi connectivity index (χ3n) is 5.48. The molecule has 1 unspecified atom stereocenters. The zero-order chi connectivity index (χ0) is 22.1. The van der Waals surface area contributed by atoms with Crippen molar-refractivity contribution in [2.24, 2.45) is 5.92 Å². The van der Waals surface area contributed by atoms with Crippen LogP contribution in [0.1, 0.15) is 52.0 Å². The maximum absolute atomic E-state index is 12.5. The Labute approximate surface area is 178 Å². The van der Waals surface area contributed by atoms with Crippen molar-refractivity contribution in [1.29, 1.82) is 15.8 Å². The highest BCUT2D eigenvalue weighted by atomic mass is 16.2. The molecule has 0 bridgehead atoms. The van der Waals surface area contributed by atoms with Gasteiger partial charge in [0.25, 0.3) is 5.91 Å². The predicted octanol–water partition coefficient (Wildman–Crippen LogP) is 4.44. The first-order chi connectivity index (χ1) is 14.5. The number of carbonyl (C=O) groups excluding carboxylic acids is 1. The number of carbonyl (C=O) groups is 1. The van der Waals surface area contributed by atoms with Crippen LogP contribution < -0.4 is 10.2 Å². The van der Waals surface area contributed by atoms with Gasteiger partial charge in [0, 0.05) is 18.8 Å². The summed E-state index contributed by atoms with van der Waals surface area (Å²) in [6, 6.07) is 13.0. The van der Waals surface area contributed by atoms with Crippen molar-refractivity contribution < 1.29 is 4.79 Å². The number of nitrogens with zero attached hydrogens (tertiary/aromatic N) is 4. The van der Waals surface area contributed by atoms with Gasteiger partial charge in [0.15, 0.2) is 5.57 Å². The molecule has 1 amide bonds. The molecule has 1 N–H and O–H groups in total. The van der Waals surface area contributed by atoms with E-state index in [1.165, 1.54) is 19.3 Å². The topological polar surface area (TPSA) is 104 Å². The molecule has 0 fully saturated rings. The molecule has 1 aromatic rings. The van der Waals surface area contributed by atoms with Crippen molar-refractivity contribution in [3.8, 4) is 18.2 Å². The smallest absolute Gasteiger partial charge is 0.257 e. The molecule has 1 aliphatic heterocycles.